The number of carboxylic acids is 1. The van der Waals surface area contributed by atoms with Gasteiger partial charge in [-0.2, -0.15) is 0 Å². The van der Waals surface area contributed by atoms with E-state index in [1.165, 1.54) is 0 Å². The highest BCUT2D eigenvalue weighted by Crippen LogP contribution is 2.27. The number of piperidine rings is 1. The van der Waals surface area contributed by atoms with Crippen molar-refractivity contribution in [2.45, 2.75) is 52.0 Å². The van der Waals surface area contributed by atoms with Gasteiger partial charge in [0.2, 0.25) is 0 Å². The number of carbonyl (C=O) groups excluding carboxylic acids is 1. The molecule has 1 aliphatic rings. The fraction of sp³-hybridized carbons (Fsp3) is 0.667. The van der Waals surface area contributed by atoms with Crippen molar-refractivity contribution in [2.75, 3.05) is 6.54 Å². The highest BCUT2D eigenvalue weighted by Gasteiger charge is 2.36. The van der Waals surface area contributed by atoms with Gasteiger partial charge in [0.25, 0.3) is 5.91 Å². The number of carboxylic acid groups (broad SMARTS) is 1. The Morgan fingerprint density at radius 1 is 1.43 bits per heavy atom. The quantitative estimate of drug-likeness (QED) is 0.904. The molecule has 0 unspecified atom stereocenters. The summed E-state index contributed by atoms with van der Waals surface area (Å²) in [6.45, 7) is 8.27. The van der Waals surface area contributed by atoms with Crippen molar-refractivity contribution in [3.05, 3.63) is 17.5 Å². The van der Waals surface area contributed by atoms with E-state index in [4.69, 9.17) is 4.52 Å². The molecular formula is C15H22N2O4. The number of aromatic nitrogens is 1. The van der Waals surface area contributed by atoms with Crippen molar-refractivity contribution in [3.8, 4) is 0 Å². The molecule has 116 valence electrons. The first-order valence-corrected chi connectivity index (χ1v) is 7.23. The summed E-state index contributed by atoms with van der Waals surface area (Å²) in [5, 5.41) is 13.1. The minimum atomic E-state index is -0.851. The van der Waals surface area contributed by atoms with Gasteiger partial charge in [0.05, 0.1) is 5.92 Å². The van der Waals surface area contributed by atoms with Crippen LogP contribution in [-0.4, -0.2) is 39.6 Å². The molecule has 1 amide bonds. The van der Waals surface area contributed by atoms with Crippen LogP contribution in [0.2, 0.25) is 0 Å². The number of nitrogens with zero attached hydrogens (tertiary/aromatic N) is 2. The van der Waals surface area contributed by atoms with Crippen molar-refractivity contribution in [2.24, 2.45) is 5.92 Å². The Labute approximate surface area is 124 Å². The highest BCUT2D eigenvalue weighted by atomic mass is 16.5. The van der Waals surface area contributed by atoms with Gasteiger partial charge in [0, 0.05) is 24.1 Å². The summed E-state index contributed by atoms with van der Waals surface area (Å²) in [4.78, 5) is 25.4. The van der Waals surface area contributed by atoms with Crippen molar-refractivity contribution >= 4 is 11.9 Å². The molecule has 1 fully saturated rings. The van der Waals surface area contributed by atoms with Gasteiger partial charge in [-0.1, -0.05) is 25.9 Å². The van der Waals surface area contributed by atoms with Gasteiger partial charge >= 0.3 is 5.97 Å². The summed E-state index contributed by atoms with van der Waals surface area (Å²) in [5.74, 6) is -0.981. The number of amides is 1. The van der Waals surface area contributed by atoms with E-state index in [0.29, 0.717) is 25.1 Å². The van der Waals surface area contributed by atoms with Crippen LogP contribution >= 0.6 is 0 Å². The first kappa shape index (κ1) is 15.5. The molecule has 0 radical (unpaired) electrons. The third-order valence-corrected chi connectivity index (χ3v) is 4.03. The second kappa shape index (κ2) is 5.50. The van der Waals surface area contributed by atoms with E-state index < -0.39 is 11.9 Å². The van der Waals surface area contributed by atoms with Crippen LogP contribution in [0.5, 0.6) is 0 Å². The predicted molar refractivity (Wildman–Crippen MR) is 76.1 cm³/mol. The number of carbonyl (C=O) groups is 2. The van der Waals surface area contributed by atoms with Gasteiger partial charge in [0.1, 0.15) is 5.76 Å². The molecule has 6 nitrogen and oxygen atoms in total. The average molecular weight is 294 g/mol. The Morgan fingerprint density at radius 3 is 2.62 bits per heavy atom. The largest absolute Gasteiger partial charge is 0.481 e. The number of hydrogen-bond acceptors (Lipinski definition) is 4. The molecule has 21 heavy (non-hydrogen) atoms. The maximum absolute atomic E-state index is 12.5. The maximum atomic E-state index is 12.5. The van der Waals surface area contributed by atoms with E-state index >= 15 is 0 Å². The average Bonchev–Trinajstić information content (AvgIpc) is 2.87. The second-order valence-electron chi connectivity index (χ2n) is 6.65. The standard InChI is InChI=1S/C15H22N2O4/c1-9-10(14(19)20)6-5-7-17(9)13(18)11-8-12(21-16-11)15(2,3)4/h8-10H,5-7H2,1-4H3,(H,19,20)/t9-,10-/m1/s1. The number of rotatable bonds is 2. The first-order chi connectivity index (χ1) is 9.71. The number of aliphatic carboxylic acids is 1. The van der Waals surface area contributed by atoms with Gasteiger partial charge in [-0.15, -0.1) is 0 Å². The predicted octanol–water partition coefficient (Wildman–Crippen LogP) is 2.30. The lowest BCUT2D eigenvalue weighted by molar-refractivity contribution is -0.144. The van der Waals surface area contributed by atoms with Crippen LogP contribution in [-0.2, 0) is 10.2 Å². The van der Waals surface area contributed by atoms with E-state index in [2.05, 4.69) is 5.16 Å². The highest BCUT2D eigenvalue weighted by molar-refractivity contribution is 5.93. The SMILES string of the molecule is C[C@@H]1[C@H](C(=O)O)CCCN1C(=O)c1cc(C(C)(C)C)on1. The monoisotopic (exact) mass is 294 g/mol. The molecule has 0 bridgehead atoms. The van der Waals surface area contributed by atoms with E-state index in [9.17, 15) is 14.7 Å². The Bertz CT molecular complexity index is 544. The van der Waals surface area contributed by atoms with Crippen LogP contribution < -0.4 is 0 Å². The van der Waals surface area contributed by atoms with Crippen LogP contribution in [0.15, 0.2) is 10.6 Å². The van der Waals surface area contributed by atoms with Crippen LogP contribution in [0.4, 0.5) is 0 Å². The maximum Gasteiger partial charge on any atom is 0.308 e. The van der Waals surface area contributed by atoms with E-state index in [1.807, 2.05) is 20.8 Å². The van der Waals surface area contributed by atoms with Crippen molar-refractivity contribution in [3.63, 3.8) is 0 Å². The molecule has 1 aromatic heterocycles. The van der Waals surface area contributed by atoms with E-state index in [0.717, 1.165) is 0 Å². The lowest BCUT2D eigenvalue weighted by Gasteiger charge is -2.36. The van der Waals surface area contributed by atoms with Gasteiger partial charge < -0.3 is 14.5 Å². The van der Waals surface area contributed by atoms with Crippen LogP contribution in [0.25, 0.3) is 0 Å². The minimum absolute atomic E-state index is 0.220. The molecule has 1 N–H and O–H groups in total. The second-order valence-corrected chi connectivity index (χ2v) is 6.65. The van der Waals surface area contributed by atoms with E-state index in [-0.39, 0.29) is 23.1 Å². The van der Waals surface area contributed by atoms with E-state index in [1.54, 1.807) is 17.9 Å². The fourth-order valence-corrected chi connectivity index (χ4v) is 2.64. The van der Waals surface area contributed by atoms with Gasteiger partial charge in [0.15, 0.2) is 5.69 Å². The molecular weight excluding hydrogens is 272 g/mol. The Morgan fingerprint density at radius 2 is 2.10 bits per heavy atom. The fourth-order valence-electron chi connectivity index (χ4n) is 2.64. The molecule has 1 saturated heterocycles. The molecule has 6 heteroatoms. The summed E-state index contributed by atoms with van der Waals surface area (Å²) < 4.78 is 5.24. The Kier molecular flexibility index (Phi) is 4.07. The molecule has 0 spiro atoms. The molecule has 1 aromatic rings. The molecule has 0 aliphatic carbocycles. The van der Waals surface area contributed by atoms with Crippen LogP contribution in [0.3, 0.4) is 0 Å². The zero-order valence-corrected chi connectivity index (χ0v) is 12.9. The van der Waals surface area contributed by atoms with Crippen LogP contribution in [0, 0.1) is 5.92 Å². The normalized spacial score (nSPS) is 23.1. The third kappa shape index (κ3) is 3.09. The van der Waals surface area contributed by atoms with Gasteiger partial charge in [-0.3, -0.25) is 9.59 Å². The van der Waals surface area contributed by atoms with Crippen molar-refractivity contribution in [1.82, 2.24) is 10.1 Å². The van der Waals surface area contributed by atoms with Crippen molar-refractivity contribution in [1.29, 1.82) is 0 Å². The topological polar surface area (TPSA) is 83.6 Å². The molecule has 2 atom stereocenters. The first-order valence-electron chi connectivity index (χ1n) is 7.23. The molecule has 1 aliphatic heterocycles. The van der Waals surface area contributed by atoms with Gasteiger partial charge in [-0.05, 0) is 19.8 Å². The molecule has 0 aromatic carbocycles. The third-order valence-electron chi connectivity index (χ3n) is 4.03. The molecule has 2 rings (SSSR count). The minimum Gasteiger partial charge on any atom is -0.481 e. The Balaban J connectivity index is 2.19. The smallest absolute Gasteiger partial charge is 0.308 e. The zero-order valence-electron chi connectivity index (χ0n) is 12.9. The zero-order chi connectivity index (χ0) is 15.8. The summed E-state index contributed by atoms with van der Waals surface area (Å²) in [6.07, 6.45) is 1.30. The molecule has 0 saturated carbocycles. The van der Waals surface area contributed by atoms with Crippen LogP contribution in [0.1, 0.15) is 56.8 Å². The molecule has 2 heterocycles. The number of likely N-dealkylation sites (tertiary alicyclic amines) is 1. The summed E-state index contributed by atoms with van der Waals surface area (Å²) >= 11 is 0. The summed E-state index contributed by atoms with van der Waals surface area (Å²) in [7, 11) is 0. The van der Waals surface area contributed by atoms with Gasteiger partial charge in [-0.25, -0.2) is 0 Å². The number of hydrogen-bond donors (Lipinski definition) is 1. The lowest BCUT2D eigenvalue weighted by Crippen LogP contribution is -2.49. The lowest BCUT2D eigenvalue weighted by atomic mass is 9.90. The Hall–Kier alpha value is -1.85. The summed E-state index contributed by atoms with van der Waals surface area (Å²) in [6, 6.07) is 1.32. The van der Waals surface area contributed by atoms with Crippen molar-refractivity contribution < 1.29 is 19.2 Å². The summed E-state index contributed by atoms with van der Waals surface area (Å²) in [5.41, 5.74) is 0.0284.